The van der Waals surface area contributed by atoms with Crippen LogP contribution in [0.3, 0.4) is 0 Å². The molecule has 1 N–H and O–H groups in total. The van der Waals surface area contributed by atoms with Crippen molar-refractivity contribution < 1.29 is 24.3 Å². The first-order valence-corrected chi connectivity index (χ1v) is 11.1. The lowest BCUT2D eigenvalue weighted by molar-refractivity contribution is -0.137. The van der Waals surface area contributed by atoms with Crippen LogP contribution in [0.5, 0.6) is 0 Å². The number of carbonyl (C=O) groups is 4. The van der Waals surface area contributed by atoms with Gasteiger partial charge in [0.2, 0.25) is 0 Å². The molecule has 5 heteroatoms. The highest BCUT2D eigenvalue weighted by atomic mass is 16.4. The molecule has 4 rings (SSSR count). The summed E-state index contributed by atoms with van der Waals surface area (Å²) in [6.07, 6.45) is 5.74. The zero-order chi connectivity index (χ0) is 21.1. The topological polar surface area (TPSA) is 88.5 Å². The van der Waals surface area contributed by atoms with Gasteiger partial charge in [-0.25, -0.2) is 0 Å². The average molecular weight is 401 g/mol. The number of carboxylic acid groups (broad SMARTS) is 1. The van der Waals surface area contributed by atoms with Gasteiger partial charge in [0.05, 0.1) is 5.92 Å². The van der Waals surface area contributed by atoms with E-state index in [0.717, 1.165) is 25.7 Å². The monoisotopic (exact) mass is 400 g/mol. The molecule has 0 bridgehead atoms. The van der Waals surface area contributed by atoms with E-state index in [9.17, 15) is 19.2 Å². The zero-order valence-corrected chi connectivity index (χ0v) is 17.8. The number of fused-ring (bicyclic) bond motifs is 4. The molecule has 5 nitrogen and oxygen atoms in total. The maximum absolute atomic E-state index is 13.5. The van der Waals surface area contributed by atoms with Crippen LogP contribution < -0.4 is 0 Å². The summed E-state index contributed by atoms with van der Waals surface area (Å²) in [5.41, 5.74) is 0.390. The quantitative estimate of drug-likeness (QED) is 0.766. The van der Waals surface area contributed by atoms with E-state index in [0.29, 0.717) is 36.8 Å². The van der Waals surface area contributed by atoms with Gasteiger partial charge in [0.15, 0.2) is 11.6 Å². The van der Waals surface area contributed by atoms with Crippen molar-refractivity contribution in [2.75, 3.05) is 0 Å². The van der Waals surface area contributed by atoms with Gasteiger partial charge in [0, 0.05) is 36.8 Å². The Morgan fingerprint density at radius 1 is 1.14 bits per heavy atom. The Morgan fingerprint density at radius 3 is 2.55 bits per heavy atom. The largest absolute Gasteiger partial charge is 0.481 e. The first kappa shape index (κ1) is 20.5. The summed E-state index contributed by atoms with van der Waals surface area (Å²) in [5.74, 6) is -0.986. The number of carboxylic acids is 1. The van der Waals surface area contributed by atoms with Crippen LogP contribution in [-0.4, -0.2) is 28.4 Å². The Kier molecular flexibility index (Phi) is 4.86. The minimum atomic E-state index is -0.841. The fourth-order valence-electron chi connectivity index (χ4n) is 7.33. The van der Waals surface area contributed by atoms with E-state index in [4.69, 9.17) is 5.11 Å². The summed E-state index contributed by atoms with van der Waals surface area (Å²) in [5, 5.41) is 9.05. The van der Waals surface area contributed by atoms with E-state index >= 15 is 0 Å². The molecular weight excluding hydrogens is 368 g/mol. The van der Waals surface area contributed by atoms with E-state index in [1.165, 1.54) is 0 Å². The average Bonchev–Trinajstić information content (AvgIpc) is 2.90. The standard InChI is InChI=1S/C24H32O5/c1-13(7-8-19(28)29)15-11-17(26)21-20-16(25)10-14-6-4-5-9-23(14,2)22(20)18(27)12-24(15,21)3/h13-15,21H,4-12H2,1-3H3,(H,28,29)/t13-,14?,15-,21+,23+,24-/m1/s1. The van der Waals surface area contributed by atoms with Crippen molar-refractivity contribution in [1.82, 2.24) is 0 Å². The zero-order valence-electron chi connectivity index (χ0n) is 17.8. The molecule has 0 aromatic carbocycles. The lowest BCUT2D eigenvalue weighted by Gasteiger charge is -2.52. The van der Waals surface area contributed by atoms with Gasteiger partial charge >= 0.3 is 5.97 Å². The van der Waals surface area contributed by atoms with Crippen molar-refractivity contribution in [2.24, 2.45) is 34.5 Å². The van der Waals surface area contributed by atoms with Crippen LogP contribution in [0.15, 0.2) is 11.1 Å². The van der Waals surface area contributed by atoms with Gasteiger partial charge in [-0.2, -0.15) is 0 Å². The van der Waals surface area contributed by atoms with Gasteiger partial charge in [0.25, 0.3) is 0 Å². The van der Waals surface area contributed by atoms with Gasteiger partial charge in [-0.15, -0.1) is 0 Å². The van der Waals surface area contributed by atoms with Crippen LogP contribution in [0, 0.1) is 34.5 Å². The van der Waals surface area contributed by atoms with Crippen LogP contribution in [0.4, 0.5) is 0 Å². The molecular formula is C24H32O5. The molecule has 4 aliphatic carbocycles. The van der Waals surface area contributed by atoms with Crippen LogP contribution in [0.25, 0.3) is 0 Å². The third kappa shape index (κ3) is 2.95. The van der Waals surface area contributed by atoms with Gasteiger partial charge in [-0.3, -0.25) is 19.2 Å². The number of hydrogen-bond acceptors (Lipinski definition) is 4. The number of aliphatic carboxylic acids is 1. The number of allylic oxidation sites excluding steroid dienone is 2. The fourth-order valence-corrected chi connectivity index (χ4v) is 7.33. The van der Waals surface area contributed by atoms with E-state index in [2.05, 4.69) is 6.92 Å². The van der Waals surface area contributed by atoms with Crippen molar-refractivity contribution in [3.05, 3.63) is 11.1 Å². The maximum Gasteiger partial charge on any atom is 0.303 e. The Balaban J connectivity index is 1.76. The highest BCUT2D eigenvalue weighted by Crippen LogP contribution is 2.63. The predicted molar refractivity (Wildman–Crippen MR) is 107 cm³/mol. The smallest absolute Gasteiger partial charge is 0.303 e. The van der Waals surface area contributed by atoms with E-state index in [1.54, 1.807) is 0 Å². The fraction of sp³-hybridized carbons (Fsp3) is 0.750. The highest BCUT2D eigenvalue weighted by Gasteiger charge is 2.62. The molecule has 6 atom stereocenters. The van der Waals surface area contributed by atoms with Crippen LogP contribution in [0.2, 0.25) is 0 Å². The van der Waals surface area contributed by atoms with E-state index in [1.807, 2.05) is 13.8 Å². The van der Waals surface area contributed by atoms with Gasteiger partial charge in [-0.05, 0) is 47.8 Å². The highest BCUT2D eigenvalue weighted by molar-refractivity contribution is 6.14. The van der Waals surface area contributed by atoms with Crippen molar-refractivity contribution >= 4 is 23.3 Å². The molecule has 0 aromatic rings. The number of hydrogen-bond donors (Lipinski definition) is 1. The molecule has 4 aliphatic rings. The number of Topliss-reactive ketones (excluding diaryl/α,β-unsaturated/α-hetero) is 3. The third-order valence-corrected chi connectivity index (χ3v) is 8.83. The van der Waals surface area contributed by atoms with Crippen molar-refractivity contribution in [2.45, 2.75) is 78.6 Å². The van der Waals surface area contributed by atoms with Crippen molar-refractivity contribution in [3.63, 3.8) is 0 Å². The Hall–Kier alpha value is -1.78. The van der Waals surface area contributed by atoms with Crippen LogP contribution in [-0.2, 0) is 19.2 Å². The number of ketones is 3. The molecule has 0 amide bonds. The Morgan fingerprint density at radius 2 is 1.86 bits per heavy atom. The van der Waals surface area contributed by atoms with Crippen LogP contribution >= 0.6 is 0 Å². The summed E-state index contributed by atoms with van der Waals surface area (Å²) < 4.78 is 0. The first-order valence-electron chi connectivity index (χ1n) is 11.1. The molecule has 0 radical (unpaired) electrons. The second-order valence-corrected chi connectivity index (χ2v) is 10.5. The maximum atomic E-state index is 13.5. The molecule has 29 heavy (non-hydrogen) atoms. The molecule has 2 fully saturated rings. The van der Waals surface area contributed by atoms with Gasteiger partial charge in [0.1, 0.15) is 5.78 Å². The lowest BCUT2D eigenvalue weighted by atomic mass is 9.50. The van der Waals surface area contributed by atoms with Crippen molar-refractivity contribution in [1.29, 1.82) is 0 Å². The first-order chi connectivity index (χ1) is 13.6. The molecule has 0 saturated heterocycles. The molecule has 1 unspecified atom stereocenters. The minimum absolute atomic E-state index is 0.0147. The van der Waals surface area contributed by atoms with Crippen molar-refractivity contribution in [3.8, 4) is 0 Å². The molecule has 0 spiro atoms. The molecule has 0 heterocycles. The summed E-state index contributed by atoms with van der Waals surface area (Å²) in [7, 11) is 0. The lowest BCUT2D eigenvalue weighted by Crippen LogP contribution is -2.50. The molecule has 0 aromatic heterocycles. The number of carbonyl (C=O) groups excluding carboxylic acids is 3. The third-order valence-electron chi connectivity index (χ3n) is 8.83. The Labute approximate surface area is 172 Å². The molecule has 2 saturated carbocycles. The predicted octanol–water partition coefficient (Wildman–Crippen LogP) is 4.14. The SMILES string of the molecule is C[C@H](CCC(=O)O)[C@H]1CC(=O)[C@H]2C3=C(C(=O)C[C@@]21C)[C@@]1(C)CCCCC1CC3=O. The normalized spacial score (nSPS) is 40.4. The van der Waals surface area contributed by atoms with E-state index < -0.39 is 17.3 Å². The molecule has 158 valence electrons. The summed E-state index contributed by atoms with van der Waals surface area (Å²) in [6.45, 7) is 6.13. The van der Waals surface area contributed by atoms with Crippen LogP contribution in [0.1, 0.15) is 78.6 Å². The molecule has 0 aliphatic heterocycles. The second-order valence-electron chi connectivity index (χ2n) is 10.5. The Bertz CT molecular complexity index is 823. The van der Waals surface area contributed by atoms with Gasteiger partial charge in [-0.1, -0.05) is 33.6 Å². The van der Waals surface area contributed by atoms with E-state index in [-0.39, 0.29) is 46.9 Å². The summed E-state index contributed by atoms with van der Waals surface area (Å²) in [4.78, 5) is 51.0. The summed E-state index contributed by atoms with van der Waals surface area (Å²) >= 11 is 0. The second kappa shape index (κ2) is 6.88. The minimum Gasteiger partial charge on any atom is -0.481 e. The number of rotatable bonds is 4. The van der Waals surface area contributed by atoms with Gasteiger partial charge < -0.3 is 5.11 Å². The summed E-state index contributed by atoms with van der Waals surface area (Å²) in [6, 6.07) is 0.